The number of carbonyl (C=O) groups excluding carboxylic acids is 2. The Morgan fingerprint density at radius 1 is 1.25 bits per heavy atom. The van der Waals surface area contributed by atoms with Crippen LogP contribution in [0, 0.1) is 0 Å². The van der Waals surface area contributed by atoms with E-state index < -0.39 is 41.8 Å². The summed E-state index contributed by atoms with van der Waals surface area (Å²) >= 11 is 0. The normalized spacial score (nSPS) is 21.8. The van der Waals surface area contributed by atoms with Crippen molar-refractivity contribution in [3.8, 4) is 0 Å². The molecule has 1 aromatic rings. The summed E-state index contributed by atoms with van der Waals surface area (Å²) < 4.78 is 16.6. The third-order valence-electron chi connectivity index (χ3n) is 5.93. The molecule has 0 bridgehead atoms. The highest BCUT2D eigenvalue weighted by Crippen LogP contribution is 2.33. The predicted octanol–water partition coefficient (Wildman–Crippen LogP) is 1.35. The van der Waals surface area contributed by atoms with Gasteiger partial charge >= 0.3 is 11.9 Å². The molecule has 32 heavy (non-hydrogen) atoms. The van der Waals surface area contributed by atoms with Gasteiger partial charge < -0.3 is 24.2 Å². The van der Waals surface area contributed by atoms with E-state index in [1.54, 1.807) is 13.8 Å². The number of esters is 1. The van der Waals surface area contributed by atoms with Crippen molar-refractivity contribution in [2.45, 2.75) is 63.4 Å². The molecule has 176 valence electrons. The van der Waals surface area contributed by atoms with Crippen molar-refractivity contribution in [2.75, 3.05) is 26.4 Å². The van der Waals surface area contributed by atoms with Crippen molar-refractivity contribution in [1.82, 2.24) is 10.2 Å². The number of ether oxygens (including phenoxy) is 3. The minimum absolute atomic E-state index is 0.0446. The van der Waals surface area contributed by atoms with Gasteiger partial charge in [0, 0.05) is 6.42 Å². The summed E-state index contributed by atoms with van der Waals surface area (Å²) in [4.78, 5) is 38.9. The van der Waals surface area contributed by atoms with Crippen LogP contribution in [0.1, 0.15) is 38.7 Å². The molecule has 3 rings (SSSR count). The quantitative estimate of drug-likeness (QED) is 0.544. The Kier molecular flexibility index (Phi) is 8.22. The smallest absolute Gasteiger partial charge is 0.326 e. The van der Waals surface area contributed by atoms with Crippen LogP contribution < -0.4 is 5.32 Å². The SMILES string of the molecule is CCOC(=O)[C@H](CCc1ccccc1)NC(C)C(=O)N1CC2(CC[C@H]1C(=O)O)OCCO2. The number of aliphatic carboxylic acids is 1. The van der Waals surface area contributed by atoms with Gasteiger partial charge in [0.1, 0.15) is 12.1 Å². The van der Waals surface area contributed by atoms with Crippen LogP contribution in [0.4, 0.5) is 0 Å². The van der Waals surface area contributed by atoms with Crippen LogP contribution in [-0.2, 0) is 35.0 Å². The third-order valence-corrected chi connectivity index (χ3v) is 5.93. The number of aryl methyl sites for hydroxylation is 1. The molecular formula is C23H32N2O7. The largest absolute Gasteiger partial charge is 0.480 e. The number of carbonyl (C=O) groups is 3. The number of amides is 1. The van der Waals surface area contributed by atoms with Crippen LogP contribution in [0.2, 0.25) is 0 Å². The van der Waals surface area contributed by atoms with Crippen molar-refractivity contribution in [1.29, 1.82) is 0 Å². The Morgan fingerprint density at radius 2 is 1.94 bits per heavy atom. The van der Waals surface area contributed by atoms with Crippen LogP contribution in [0.15, 0.2) is 30.3 Å². The Morgan fingerprint density at radius 3 is 2.56 bits per heavy atom. The molecule has 3 atom stereocenters. The molecule has 9 nitrogen and oxygen atoms in total. The van der Waals surface area contributed by atoms with E-state index in [0.29, 0.717) is 32.5 Å². The van der Waals surface area contributed by atoms with Gasteiger partial charge in [0.15, 0.2) is 5.79 Å². The summed E-state index contributed by atoms with van der Waals surface area (Å²) in [5.41, 5.74) is 1.07. The number of nitrogens with one attached hydrogen (secondary N) is 1. The highest BCUT2D eigenvalue weighted by Gasteiger charge is 2.48. The second-order valence-corrected chi connectivity index (χ2v) is 8.18. The van der Waals surface area contributed by atoms with Gasteiger partial charge in [-0.1, -0.05) is 30.3 Å². The van der Waals surface area contributed by atoms with Gasteiger partial charge in [-0.25, -0.2) is 4.79 Å². The molecule has 1 spiro atoms. The highest BCUT2D eigenvalue weighted by atomic mass is 16.7. The van der Waals surface area contributed by atoms with Gasteiger partial charge in [-0.05, 0) is 38.7 Å². The Labute approximate surface area is 188 Å². The number of nitrogens with zero attached hydrogens (tertiary/aromatic N) is 1. The van der Waals surface area contributed by atoms with Gasteiger partial charge in [0.2, 0.25) is 5.91 Å². The second kappa shape index (κ2) is 10.9. The maximum Gasteiger partial charge on any atom is 0.326 e. The molecule has 1 unspecified atom stereocenters. The zero-order valence-corrected chi connectivity index (χ0v) is 18.6. The summed E-state index contributed by atoms with van der Waals surface area (Å²) in [7, 11) is 0. The van der Waals surface area contributed by atoms with Gasteiger partial charge in [-0.2, -0.15) is 0 Å². The van der Waals surface area contributed by atoms with Crippen LogP contribution in [0.3, 0.4) is 0 Å². The summed E-state index contributed by atoms with van der Waals surface area (Å²) in [6.07, 6.45) is 1.73. The first-order valence-electron chi connectivity index (χ1n) is 11.1. The van der Waals surface area contributed by atoms with Gasteiger partial charge in [-0.15, -0.1) is 0 Å². The molecule has 2 aliphatic rings. The molecule has 2 fully saturated rings. The van der Waals surface area contributed by atoms with E-state index in [0.717, 1.165) is 5.56 Å². The van der Waals surface area contributed by atoms with Crippen LogP contribution in [0.5, 0.6) is 0 Å². The number of rotatable bonds is 9. The maximum absolute atomic E-state index is 13.3. The molecule has 2 heterocycles. The lowest BCUT2D eigenvalue weighted by Crippen LogP contribution is -2.61. The fourth-order valence-corrected chi connectivity index (χ4v) is 4.27. The standard InChI is InChI=1S/C23H32N2O7/c1-3-30-22(29)18(10-9-17-7-5-4-6-8-17)24-16(2)20(26)25-15-23(31-13-14-32-23)12-11-19(25)21(27)28/h4-8,16,18-19,24H,3,9-15H2,1-2H3,(H,27,28)/t16?,18-,19-/m0/s1. The molecule has 2 aliphatic heterocycles. The Balaban J connectivity index is 1.69. The Bertz CT molecular complexity index is 795. The van der Waals surface area contributed by atoms with E-state index in [1.807, 2.05) is 30.3 Å². The molecule has 0 aromatic heterocycles. The van der Waals surface area contributed by atoms with Crippen LogP contribution in [0.25, 0.3) is 0 Å². The van der Waals surface area contributed by atoms with Crippen molar-refractivity contribution in [3.63, 3.8) is 0 Å². The minimum Gasteiger partial charge on any atom is -0.480 e. The number of likely N-dealkylation sites (tertiary alicyclic amines) is 1. The topological polar surface area (TPSA) is 114 Å². The van der Waals surface area contributed by atoms with Crippen molar-refractivity contribution in [2.24, 2.45) is 0 Å². The van der Waals surface area contributed by atoms with Crippen molar-refractivity contribution < 1.29 is 33.7 Å². The number of benzene rings is 1. The third kappa shape index (κ3) is 5.85. The summed E-state index contributed by atoms with van der Waals surface area (Å²) in [5.74, 6) is -2.86. The lowest BCUT2D eigenvalue weighted by atomic mass is 9.96. The van der Waals surface area contributed by atoms with E-state index in [-0.39, 0.29) is 19.6 Å². The predicted molar refractivity (Wildman–Crippen MR) is 115 cm³/mol. The number of carboxylic acids is 1. The number of hydrogen-bond acceptors (Lipinski definition) is 7. The van der Waals surface area contributed by atoms with Crippen molar-refractivity contribution >= 4 is 17.8 Å². The first kappa shape index (κ1) is 24.2. The van der Waals surface area contributed by atoms with Gasteiger partial charge in [0.25, 0.3) is 0 Å². The summed E-state index contributed by atoms with van der Waals surface area (Å²) in [6.45, 7) is 4.47. The van der Waals surface area contributed by atoms with E-state index in [2.05, 4.69) is 5.32 Å². The highest BCUT2D eigenvalue weighted by molar-refractivity contribution is 5.88. The average molecular weight is 449 g/mol. The zero-order valence-electron chi connectivity index (χ0n) is 18.6. The lowest BCUT2D eigenvalue weighted by molar-refractivity contribution is -0.205. The molecule has 2 N–H and O–H groups in total. The number of carboxylic acid groups (broad SMARTS) is 1. The van der Waals surface area contributed by atoms with Crippen molar-refractivity contribution in [3.05, 3.63) is 35.9 Å². The molecule has 9 heteroatoms. The fourth-order valence-electron chi connectivity index (χ4n) is 4.27. The summed E-state index contributed by atoms with van der Waals surface area (Å²) in [6, 6.07) is 7.28. The first-order valence-corrected chi connectivity index (χ1v) is 11.1. The van der Waals surface area contributed by atoms with Crippen LogP contribution in [-0.4, -0.2) is 78.1 Å². The molecule has 0 radical (unpaired) electrons. The molecule has 0 aliphatic carbocycles. The van der Waals surface area contributed by atoms with E-state index >= 15 is 0 Å². The lowest BCUT2D eigenvalue weighted by Gasteiger charge is -2.43. The molecule has 0 saturated carbocycles. The van der Waals surface area contributed by atoms with Gasteiger partial charge in [-0.3, -0.25) is 14.9 Å². The fraction of sp³-hybridized carbons (Fsp3) is 0.609. The minimum atomic E-state index is -1.07. The first-order chi connectivity index (χ1) is 15.3. The van der Waals surface area contributed by atoms with Crippen LogP contribution >= 0.6 is 0 Å². The van der Waals surface area contributed by atoms with E-state index in [1.165, 1.54) is 4.90 Å². The zero-order chi connectivity index (χ0) is 23.1. The second-order valence-electron chi connectivity index (χ2n) is 8.18. The average Bonchev–Trinajstić information content (AvgIpc) is 3.24. The van der Waals surface area contributed by atoms with E-state index in [4.69, 9.17) is 14.2 Å². The number of hydrogen-bond donors (Lipinski definition) is 2. The molecule has 1 amide bonds. The maximum atomic E-state index is 13.3. The molecule has 2 saturated heterocycles. The summed E-state index contributed by atoms with van der Waals surface area (Å²) in [5, 5.41) is 12.7. The number of piperidine rings is 1. The monoisotopic (exact) mass is 448 g/mol. The Hall–Kier alpha value is -2.49. The molecule has 1 aromatic carbocycles. The van der Waals surface area contributed by atoms with E-state index in [9.17, 15) is 19.5 Å². The van der Waals surface area contributed by atoms with Gasteiger partial charge in [0.05, 0.1) is 32.4 Å². The molecular weight excluding hydrogens is 416 g/mol.